The maximum absolute atomic E-state index is 12.8. The fourth-order valence-electron chi connectivity index (χ4n) is 6.98. The van der Waals surface area contributed by atoms with Gasteiger partial charge in [-0.1, -0.05) is 24.3 Å². The summed E-state index contributed by atoms with van der Waals surface area (Å²) < 4.78 is 6.40. The van der Waals surface area contributed by atoms with Gasteiger partial charge in [0.25, 0.3) is 5.91 Å². The molecule has 4 atom stereocenters. The van der Waals surface area contributed by atoms with Gasteiger partial charge in [0.15, 0.2) is 17.6 Å². The topological polar surface area (TPSA) is 118 Å². The molecule has 8 heteroatoms. The first-order valence-corrected chi connectivity index (χ1v) is 12.3. The molecule has 1 saturated heterocycles. The van der Waals surface area contributed by atoms with Crippen molar-refractivity contribution in [1.82, 2.24) is 10.3 Å². The van der Waals surface area contributed by atoms with Crippen LogP contribution >= 0.6 is 0 Å². The summed E-state index contributed by atoms with van der Waals surface area (Å²) in [6.07, 6.45) is 3.86. The highest BCUT2D eigenvalue weighted by Gasteiger charge is 2.72. The number of nitrogens with zero attached hydrogens (tertiary/aromatic N) is 3. The Hall–Kier alpha value is -3.67. The van der Waals surface area contributed by atoms with Crippen molar-refractivity contribution >= 4 is 11.6 Å². The number of carbonyl (C=O) groups excluding carboxylic acids is 1. The average molecular weight is 485 g/mol. The smallest absolute Gasteiger partial charge is 0.271 e. The van der Waals surface area contributed by atoms with E-state index in [0.717, 1.165) is 23.2 Å². The van der Waals surface area contributed by atoms with E-state index in [1.165, 1.54) is 0 Å². The number of phenols is 1. The third kappa shape index (κ3) is 3.00. The zero-order chi connectivity index (χ0) is 25.1. The van der Waals surface area contributed by atoms with Gasteiger partial charge in [-0.3, -0.25) is 9.69 Å². The summed E-state index contributed by atoms with van der Waals surface area (Å²) in [5.74, 6) is 0.138. The van der Waals surface area contributed by atoms with Gasteiger partial charge < -0.3 is 14.9 Å². The van der Waals surface area contributed by atoms with Gasteiger partial charge >= 0.3 is 0 Å². The number of ether oxygens (including phenoxy) is 1. The first-order chi connectivity index (χ1) is 17.4. The number of aliphatic hydroxyl groups is 1. The minimum atomic E-state index is -1.05. The summed E-state index contributed by atoms with van der Waals surface area (Å²) in [5, 5.41) is 36.4. The lowest BCUT2D eigenvalue weighted by atomic mass is 9.49. The standard InChI is InChI=1S/C28H28N4O4/c1-2-14-32-15-12-27-23-19-7-8-21(33)24(23)36-25(27)20(9-11-28(27,35)22(32)16-19)30-31-26(34)18-5-3-17(4-6-18)10-13-29/h2-8,22,25,33,35H,1,9-12,14-16H2,(H,31,34)/b30-20+/t22-,25+,27+,28-/m1/s1. The molecule has 2 bridgehead atoms. The van der Waals surface area contributed by atoms with Crippen LogP contribution in [0.2, 0.25) is 0 Å². The Morgan fingerprint density at radius 1 is 1.31 bits per heavy atom. The largest absolute Gasteiger partial charge is 0.504 e. The van der Waals surface area contributed by atoms with E-state index in [-0.39, 0.29) is 24.1 Å². The third-order valence-electron chi connectivity index (χ3n) is 8.55. The van der Waals surface area contributed by atoms with E-state index in [1.807, 2.05) is 12.1 Å². The molecule has 2 heterocycles. The average Bonchev–Trinajstić information content (AvgIpc) is 3.23. The number of hydrogen-bond donors (Lipinski definition) is 3. The highest BCUT2D eigenvalue weighted by atomic mass is 16.5. The molecule has 1 saturated carbocycles. The number of rotatable bonds is 5. The Balaban J connectivity index is 1.36. The minimum Gasteiger partial charge on any atom is -0.504 e. The predicted octanol–water partition coefficient (Wildman–Crippen LogP) is 2.58. The van der Waals surface area contributed by atoms with Gasteiger partial charge in [0, 0.05) is 30.3 Å². The second kappa shape index (κ2) is 8.19. The highest BCUT2D eigenvalue weighted by molar-refractivity contribution is 5.98. The maximum Gasteiger partial charge on any atom is 0.271 e. The number of likely N-dealkylation sites (tertiary alicyclic amines) is 1. The molecule has 0 aromatic heterocycles. The van der Waals surface area contributed by atoms with Crippen molar-refractivity contribution in [1.29, 1.82) is 5.26 Å². The molecule has 2 aliphatic heterocycles. The van der Waals surface area contributed by atoms with Crippen molar-refractivity contribution < 1.29 is 19.7 Å². The van der Waals surface area contributed by atoms with Crippen LogP contribution in [-0.4, -0.2) is 57.6 Å². The number of nitriles is 1. The molecule has 36 heavy (non-hydrogen) atoms. The molecule has 0 unspecified atom stereocenters. The number of aromatic hydroxyl groups is 1. The quantitative estimate of drug-likeness (QED) is 0.444. The minimum absolute atomic E-state index is 0.0627. The number of amides is 1. The van der Waals surface area contributed by atoms with E-state index in [4.69, 9.17) is 10.00 Å². The number of benzene rings is 2. The van der Waals surface area contributed by atoms with Crippen molar-refractivity contribution in [3.63, 3.8) is 0 Å². The van der Waals surface area contributed by atoms with Crippen LogP contribution in [0.15, 0.2) is 54.2 Å². The number of carbonyl (C=O) groups is 1. The maximum atomic E-state index is 12.8. The molecular formula is C28H28N4O4. The van der Waals surface area contributed by atoms with Crippen LogP contribution in [0.4, 0.5) is 0 Å². The van der Waals surface area contributed by atoms with Gasteiger partial charge in [-0.25, -0.2) is 5.43 Å². The van der Waals surface area contributed by atoms with Crippen LogP contribution in [0.1, 0.15) is 46.3 Å². The lowest BCUT2D eigenvalue weighted by Gasteiger charge is -2.62. The summed E-state index contributed by atoms with van der Waals surface area (Å²) in [4.78, 5) is 15.1. The molecule has 2 aliphatic carbocycles. The molecule has 2 fully saturated rings. The van der Waals surface area contributed by atoms with Gasteiger partial charge in [-0.05, 0) is 55.0 Å². The predicted molar refractivity (Wildman–Crippen MR) is 133 cm³/mol. The second-order valence-electron chi connectivity index (χ2n) is 10.2. The monoisotopic (exact) mass is 484 g/mol. The fraction of sp³-hybridized carbons (Fsp3) is 0.393. The lowest BCUT2D eigenvalue weighted by Crippen LogP contribution is -2.76. The Kier molecular flexibility index (Phi) is 5.18. The Morgan fingerprint density at radius 3 is 2.86 bits per heavy atom. The Morgan fingerprint density at radius 2 is 2.11 bits per heavy atom. The first kappa shape index (κ1) is 22.8. The normalized spacial score (nSPS) is 30.7. The van der Waals surface area contributed by atoms with Crippen LogP contribution < -0.4 is 10.2 Å². The van der Waals surface area contributed by atoms with E-state index >= 15 is 0 Å². The van der Waals surface area contributed by atoms with Crippen LogP contribution in [0.3, 0.4) is 0 Å². The van der Waals surface area contributed by atoms with E-state index in [2.05, 4.69) is 28.1 Å². The number of hydrazone groups is 1. The SMILES string of the molecule is C=CCN1CC[C@]23c4c5ccc(O)c4O[C@H]2/C(=N/NC(=O)c2ccc(CC#N)cc2)CC[C@@]3(O)[C@H]1C5. The van der Waals surface area contributed by atoms with Crippen molar-refractivity contribution in [2.75, 3.05) is 13.1 Å². The zero-order valence-electron chi connectivity index (χ0n) is 19.9. The molecule has 4 aliphatic rings. The molecule has 184 valence electrons. The third-order valence-corrected chi connectivity index (χ3v) is 8.55. The first-order valence-electron chi connectivity index (χ1n) is 12.3. The summed E-state index contributed by atoms with van der Waals surface area (Å²) in [7, 11) is 0. The summed E-state index contributed by atoms with van der Waals surface area (Å²) in [6.45, 7) is 5.36. The van der Waals surface area contributed by atoms with Crippen LogP contribution in [-0.2, 0) is 18.3 Å². The Labute approximate surface area is 209 Å². The van der Waals surface area contributed by atoms with Gasteiger partial charge in [-0.2, -0.15) is 10.4 Å². The summed E-state index contributed by atoms with van der Waals surface area (Å²) in [5.41, 5.74) is 4.80. The van der Waals surface area contributed by atoms with E-state index in [0.29, 0.717) is 49.3 Å². The molecular weight excluding hydrogens is 456 g/mol. The second-order valence-corrected chi connectivity index (χ2v) is 10.2. The molecule has 2 aromatic carbocycles. The number of phenolic OH excluding ortho intramolecular Hbond substituents is 1. The molecule has 3 N–H and O–H groups in total. The van der Waals surface area contributed by atoms with Gasteiger partial charge in [0.1, 0.15) is 0 Å². The number of piperidine rings is 1. The molecule has 1 amide bonds. The van der Waals surface area contributed by atoms with Crippen molar-refractivity contribution in [3.05, 3.63) is 71.3 Å². The van der Waals surface area contributed by atoms with Gasteiger partial charge in [0.05, 0.1) is 29.2 Å². The lowest BCUT2D eigenvalue weighted by molar-refractivity contribution is -0.163. The highest BCUT2D eigenvalue weighted by Crippen LogP contribution is 2.64. The fourth-order valence-corrected chi connectivity index (χ4v) is 6.98. The van der Waals surface area contributed by atoms with E-state index in [1.54, 1.807) is 30.3 Å². The molecule has 0 radical (unpaired) electrons. The number of nitrogens with one attached hydrogen (secondary N) is 1. The van der Waals surface area contributed by atoms with Crippen LogP contribution in [0, 0.1) is 11.3 Å². The van der Waals surface area contributed by atoms with E-state index < -0.39 is 17.1 Å². The van der Waals surface area contributed by atoms with Crippen molar-refractivity contribution in [2.45, 2.75) is 55.3 Å². The van der Waals surface area contributed by atoms with Crippen LogP contribution in [0.25, 0.3) is 0 Å². The molecule has 2 aromatic rings. The van der Waals surface area contributed by atoms with Crippen LogP contribution in [0.5, 0.6) is 11.5 Å². The van der Waals surface area contributed by atoms with Gasteiger partial charge in [-0.15, -0.1) is 6.58 Å². The van der Waals surface area contributed by atoms with E-state index in [9.17, 15) is 15.0 Å². The Bertz CT molecular complexity index is 1330. The number of hydrogen-bond acceptors (Lipinski definition) is 7. The molecule has 8 nitrogen and oxygen atoms in total. The zero-order valence-corrected chi connectivity index (χ0v) is 19.9. The summed E-state index contributed by atoms with van der Waals surface area (Å²) in [6, 6.07) is 12.5. The summed E-state index contributed by atoms with van der Waals surface area (Å²) >= 11 is 0. The van der Waals surface area contributed by atoms with Crippen molar-refractivity contribution in [2.24, 2.45) is 5.10 Å². The van der Waals surface area contributed by atoms with Gasteiger partial charge in [0.2, 0.25) is 0 Å². The molecule has 6 rings (SSSR count). The molecule has 1 spiro atoms. The van der Waals surface area contributed by atoms with Crippen molar-refractivity contribution in [3.8, 4) is 17.6 Å².